The van der Waals surface area contributed by atoms with Gasteiger partial charge in [-0.25, -0.2) is 0 Å². The van der Waals surface area contributed by atoms with Crippen molar-refractivity contribution >= 4 is 17.4 Å². The first-order valence-electron chi connectivity index (χ1n) is 11.3. The summed E-state index contributed by atoms with van der Waals surface area (Å²) in [5.74, 6) is -0.697. The number of unbranched alkanes of at least 4 members (excludes halogenated alkanes) is 1. The summed E-state index contributed by atoms with van der Waals surface area (Å²) in [7, 11) is 0. The van der Waals surface area contributed by atoms with Crippen LogP contribution in [-0.2, 0) is 14.3 Å². The second kappa shape index (κ2) is 10.0. The molecule has 4 rings (SSSR count). The van der Waals surface area contributed by atoms with Gasteiger partial charge < -0.3 is 19.5 Å². The third kappa shape index (κ3) is 4.55. The number of ketones is 1. The Morgan fingerprint density at radius 1 is 1.12 bits per heavy atom. The van der Waals surface area contributed by atoms with Gasteiger partial charge in [-0.3, -0.25) is 9.59 Å². The minimum Gasteiger partial charge on any atom is -0.507 e. The molecule has 0 spiro atoms. The highest BCUT2D eigenvalue weighted by atomic mass is 16.5. The van der Waals surface area contributed by atoms with Gasteiger partial charge in [0.05, 0.1) is 24.3 Å². The number of nitrogens with zero attached hydrogens (tertiary/aromatic N) is 1. The van der Waals surface area contributed by atoms with Gasteiger partial charge in [-0.2, -0.15) is 0 Å². The van der Waals surface area contributed by atoms with Gasteiger partial charge in [-0.1, -0.05) is 55.8 Å². The Balaban J connectivity index is 1.71. The molecule has 2 aliphatic rings. The summed E-state index contributed by atoms with van der Waals surface area (Å²) >= 11 is 0. The lowest BCUT2D eigenvalue weighted by atomic mass is 9.95. The maximum absolute atomic E-state index is 13.1. The number of ether oxygens (including phenoxy) is 2. The van der Waals surface area contributed by atoms with E-state index < -0.39 is 17.7 Å². The molecular formula is C26H29NO5. The van der Waals surface area contributed by atoms with Gasteiger partial charge in [0, 0.05) is 18.7 Å². The van der Waals surface area contributed by atoms with Gasteiger partial charge in [-0.05, 0) is 37.0 Å². The van der Waals surface area contributed by atoms with E-state index in [2.05, 4.69) is 6.92 Å². The number of carbonyl (C=O) groups excluding carboxylic acids is 2. The number of rotatable bonds is 8. The molecule has 1 amide bonds. The number of benzene rings is 2. The molecule has 2 atom stereocenters. The number of likely N-dealkylation sites (tertiary alicyclic amines) is 1. The highest BCUT2D eigenvalue weighted by molar-refractivity contribution is 6.46. The van der Waals surface area contributed by atoms with Crippen molar-refractivity contribution in [3.05, 3.63) is 71.3 Å². The van der Waals surface area contributed by atoms with Gasteiger partial charge >= 0.3 is 0 Å². The SMILES string of the molecule is CCCCOc1ccc(C2C(=C(O)c3ccccc3)C(=O)C(=O)N2CC2CCCO2)cc1. The quantitative estimate of drug-likeness (QED) is 0.287. The molecule has 0 radical (unpaired) electrons. The third-order valence-electron chi connectivity index (χ3n) is 5.97. The monoisotopic (exact) mass is 435 g/mol. The molecule has 2 heterocycles. The number of hydrogen-bond donors (Lipinski definition) is 1. The molecule has 0 saturated carbocycles. The van der Waals surface area contributed by atoms with E-state index in [0.29, 0.717) is 25.3 Å². The number of carbonyl (C=O) groups is 2. The Hall–Kier alpha value is -3.12. The molecule has 2 fully saturated rings. The van der Waals surface area contributed by atoms with Crippen molar-refractivity contribution in [1.82, 2.24) is 4.90 Å². The molecule has 32 heavy (non-hydrogen) atoms. The van der Waals surface area contributed by atoms with E-state index in [1.807, 2.05) is 30.3 Å². The van der Waals surface area contributed by atoms with Crippen LogP contribution < -0.4 is 4.74 Å². The van der Waals surface area contributed by atoms with E-state index in [1.54, 1.807) is 29.2 Å². The van der Waals surface area contributed by atoms with Crippen molar-refractivity contribution in [2.45, 2.75) is 44.8 Å². The lowest BCUT2D eigenvalue weighted by molar-refractivity contribution is -0.140. The topological polar surface area (TPSA) is 76.1 Å². The van der Waals surface area contributed by atoms with E-state index in [4.69, 9.17) is 9.47 Å². The Morgan fingerprint density at radius 2 is 1.88 bits per heavy atom. The van der Waals surface area contributed by atoms with Crippen molar-refractivity contribution in [2.24, 2.45) is 0 Å². The highest BCUT2D eigenvalue weighted by Crippen LogP contribution is 2.40. The largest absolute Gasteiger partial charge is 0.507 e. The minimum atomic E-state index is -0.677. The van der Waals surface area contributed by atoms with Gasteiger partial charge in [0.1, 0.15) is 11.5 Å². The number of amides is 1. The van der Waals surface area contributed by atoms with Crippen molar-refractivity contribution in [1.29, 1.82) is 0 Å². The first-order valence-corrected chi connectivity index (χ1v) is 11.3. The van der Waals surface area contributed by atoms with Crippen LogP contribution in [0.2, 0.25) is 0 Å². The van der Waals surface area contributed by atoms with Crippen molar-refractivity contribution in [2.75, 3.05) is 19.8 Å². The summed E-state index contributed by atoms with van der Waals surface area (Å²) in [5.41, 5.74) is 1.37. The molecule has 0 aliphatic carbocycles. The molecule has 1 N–H and O–H groups in total. The molecule has 0 bridgehead atoms. The fourth-order valence-corrected chi connectivity index (χ4v) is 4.25. The Morgan fingerprint density at radius 3 is 2.53 bits per heavy atom. The van der Waals surface area contributed by atoms with Gasteiger partial charge in [0.25, 0.3) is 11.7 Å². The van der Waals surface area contributed by atoms with E-state index in [0.717, 1.165) is 37.0 Å². The van der Waals surface area contributed by atoms with Gasteiger partial charge in [0.15, 0.2) is 0 Å². The zero-order chi connectivity index (χ0) is 22.5. The number of aliphatic hydroxyl groups is 1. The van der Waals surface area contributed by atoms with Crippen LogP contribution in [-0.4, -0.2) is 47.6 Å². The van der Waals surface area contributed by atoms with E-state index >= 15 is 0 Å². The molecular weight excluding hydrogens is 406 g/mol. The van der Waals surface area contributed by atoms with E-state index in [9.17, 15) is 14.7 Å². The Bertz CT molecular complexity index is 977. The highest BCUT2D eigenvalue weighted by Gasteiger charge is 2.47. The predicted molar refractivity (Wildman–Crippen MR) is 121 cm³/mol. The molecule has 2 saturated heterocycles. The van der Waals surface area contributed by atoms with Crippen LogP contribution >= 0.6 is 0 Å². The van der Waals surface area contributed by atoms with Crippen LogP contribution in [0.5, 0.6) is 5.75 Å². The standard InChI is InChI=1S/C26H29NO5/c1-2-3-15-31-20-13-11-18(12-14-20)23-22(24(28)19-8-5-4-6-9-19)25(29)26(30)27(23)17-21-10-7-16-32-21/h4-6,8-9,11-14,21,23,28H,2-3,7,10,15-17H2,1H3. The minimum absolute atomic E-state index is 0.107. The number of aliphatic hydroxyl groups excluding tert-OH is 1. The second-order valence-electron chi connectivity index (χ2n) is 8.22. The Labute approximate surface area is 188 Å². The summed E-state index contributed by atoms with van der Waals surface area (Å²) in [5, 5.41) is 11.0. The van der Waals surface area contributed by atoms with Gasteiger partial charge in [0.2, 0.25) is 0 Å². The fraction of sp³-hybridized carbons (Fsp3) is 0.385. The lowest BCUT2D eigenvalue weighted by Crippen LogP contribution is -2.36. The zero-order valence-electron chi connectivity index (χ0n) is 18.3. The molecule has 6 nitrogen and oxygen atoms in total. The first-order chi connectivity index (χ1) is 15.6. The fourth-order valence-electron chi connectivity index (χ4n) is 4.25. The smallest absolute Gasteiger partial charge is 0.295 e. The first kappa shape index (κ1) is 22.1. The van der Waals surface area contributed by atoms with Gasteiger partial charge in [-0.15, -0.1) is 0 Å². The second-order valence-corrected chi connectivity index (χ2v) is 8.22. The average Bonchev–Trinajstić information content (AvgIpc) is 3.42. The zero-order valence-corrected chi connectivity index (χ0v) is 18.3. The molecule has 168 valence electrons. The molecule has 0 aromatic heterocycles. The van der Waals surface area contributed by atoms with Crippen molar-refractivity contribution in [3.8, 4) is 5.75 Å². The predicted octanol–water partition coefficient (Wildman–Crippen LogP) is 4.47. The molecule has 2 unspecified atom stereocenters. The maximum atomic E-state index is 13.1. The van der Waals surface area contributed by atoms with Crippen LogP contribution in [0.15, 0.2) is 60.2 Å². The maximum Gasteiger partial charge on any atom is 0.295 e. The number of Topliss-reactive ketones (excluding diaryl/α,β-unsaturated/α-hetero) is 1. The Kier molecular flexibility index (Phi) is 6.90. The third-order valence-corrected chi connectivity index (χ3v) is 5.97. The van der Waals surface area contributed by atoms with Crippen LogP contribution in [0.25, 0.3) is 5.76 Å². The lowest BCUT2D eigenvalue weighted by Gasteiger charge is -2.27. The molecule has 6 heteroatoms. The van der Waals surface area contributed by atoms with Crippen LogP contribution in [0, 0.1) is 0 Å². The summed E-state index contributed by atoms with van der Waals surface area (Å²) in [6.07, 6.45) is 3.70. The van der Waals surface area contributed by atoms with E-state index in [-0.39, 0.29) is 17.4 Å². The molecule has 2 aromatic carbocycles. The molecule has 2 aliphatic heterocycles. The molecule has 2 aromatic rings. The normalized spacial score (nSPS) is 22.5. The van der Waals surface area contributed by atoms with Crippen LogP contribution in [0.4, 0.5) is 0 Å². The summed E-state index contributed by atoms with van der Waals surface area (Å²) in [6.45, 7) is 3.72. The summed E-state index contributed by atoms with van der Waals surface area (Å²) in [6, 6.07) is 15.6. The van der Waals surface area contributed by atoms with Crippen molar-refractivity contribution in [3.63, 3.8) is 0 Å². The summed E-state index contributed by atoms with van der Waals surface area (Å²) in [4.78, 5) is 27.6. The number of hydrogen-bond acceptors (Lipinski definition) is 5. The van der Waals surface area contributed by atoms with Crippen LogP contribution in [0.1, 0.15) is 49.8 Å². The summed E-state index contributed by atoms with van der Waals surface area (Å²) < 4.78 is 11.5. The van der Waals surface area contributed by atoms with E-state index in [1.165, 1.54) is 0 Å². The van der Waals surface area contributed by atoms with Crippen molar-refractivity contribution < 1.29 is 24.2 Å². The van der Waals surface area contributed by atoms with Crippen LogP contribution in [0.3, 0.4) is 0 Å². The average molecular weight is 436 g/mol.